The number of aryl methyl sites for hydroxylation is 1. The fourth-order valence-electron chi connectivity index (χ4n) is 1.27. The summed E-state index contributed by atoms with van der Waals surface area (Å²) >= 11 is 0. The van der Waals surface area contributed by atoms with Gasteiger partial charge in [-0.05, 0) is 37.1 Å². The largest absolute Gasteiger partial charge is 0.242 e. The quantitative estimate of drug-likeness (QED) is 0.610. The molecule has 2 heteroatoms. The van der Waals surface area contributed by atoms with Crippen LogP contribution in [0.2, 0.25) is 0 Å². The van der Waals surface area contributed by atoms with Crippen molar-refractivity contribution < 1.29 is 4.39 Å². The van der Waals surface area contributed by atoms with Crippen molar-refractivity contribution in [3.05, 3.63) is 65.2 Å². The van der Waals surface area contributed by atoms with Gasteiger partial charge in [-0.3, -0.25) is 0 Å². The summed E-state index contributed by atoms with van der Waals surface area (Å²) in [6.07, 6.45) is 0. The molecule has 0 spiro atoms. The fraction of sp³-hybridized carbons (Fsp3) is 0.0714. The minimum Gasteiger partial charge on any atom is -0.242 e. The molecule has 1 heterocycles. The molecule has 0 bridgehead atoms. The normalized spacial score (nSPS) is 9.38. The van der Waals surface area contributed by atoms with Crippen LogP contribution in [0.25, 0.3) is 0 Å². The summed E-state index contributed by atoms with van der Waals surface area (Å²) in [7, 11) is 0. The van der Waals surface area contributed by atoms with Crippen LogP contribution in [0.15, 0.2) is 42.5 Å². The van der Waals surface area contributed by atoms with Crippen LogP contribution >= 0.6 is 0 Å². The first-order chi connectivity index (χ1) is 7.75. The Hall–Kier alpha value is -2.14. The number of rotatable bonds is 0. The van der Waals surface area contributed by atoms with Crippen molar-refractivity contribution in [1.82, 2.24) is 4.98 Å². The van der Waals surface area contributed by atoms with E-state index in [4.69, 9.17) is 0 Å². The maximum absolute atomic E-state index is 13.0. The lowest BCUT2D eigenvalue weighted by molar-refractivity contribution is 0.609. The number of nitrogens with zero attached hydrogens (tertiary/aromatic N) is 1. The van der Waals surface area contributed by atoms with E-state index in [-0.39, 0.29) is 5.82 Å². The lowest BCUT2D eigenvalue weighted by atomic mass is 10.2. The highest BCUT2D eigenvalue weighted by Crippen LogP contribution is 2.03. The van der Waals surface area contributed by atoms with Crippen molar-refractivity contribution in [2.45, 2.75) is 6.92 Å². The number of aromatic nitrogens is 1. The molecule has 2 aromatic rings. The van der Waals surface area contributed by atoms with E-state index in [0.29, 0.717) is 11.4 Å². The Kier molecular flexibility index (Phi) is 2.98. The van der Waals surface area contributed by atoms with E-state index < -0.39 is 0 Å². The zero-order chi connectivity index (χ0) is 11.4. The van der Waals surface area contributed by atoms with Crippen LogP contribution in [0.5, 0.6) is 0 Å². The molecule has 1 aromatic carbocycles. The van der Waals surface area contributed by atoms with E-state index >= 15 is 0 Å². The Morgan fingerprint density at radius 1 is 1.00 bits per heavy atom. The van der Waals surface area contributed by atoms with Crippen molar-refractivity contribution in [1.29, 1.82) is 0 Å². The summed E-state index contributed by atoms with van der Waals surface area (Å²) in [5, 5.41) is 0. The predicted molar refractivity (Wildman–Crippen MR) is 61.4 cm³/mol. The molecule has 0 aliphatic carbocycles. The summed E-state index contributed by atoms with van der Waals surface area (Å²) in [5.74, 6) is 5.57. The van der Waals surface area contributed by atoms with Crippen molar-refractivity contribution in [2.24, 2.45) is 0 Å². The van der Waals surface area contributed by atoms with Crippen molar-refractivity contribution in [3.8, 4) is 11.8 Å². The first kappa shape index (κ1) is 10.4. The molecule has 78 valence electrons. The van der Waals surface area contributed by atoms with Crippen LogP contribution in [-0.2, 0) is 0 Å². The number of hydrogen-bond acceptors (Lipinski definition) is 1. The van der Waals surface area contributed by atoms with Crippen molar-refractivity contribution in [3.63, 3.8) is 0 Å². The number of hydrogen-bond donors (Lipinski definition) is 0. The second kappa shape index (κ2) is 4.59. The van der Waals surface area contributed by atoms with Gasteiger partial charge in [-0.2, -0.15) is 0 Å². The van der Waals surface area contributed by atoms with Crippen LogP contribution in [-0.4, -0.2) is 4.98 Å². The van der Waals surface area contributed by atoms with Crippen molar-refractivity contribution in [2.75, 3.05) is 0 Å². The van der Waals surface area contributed by atoms with E-state index in [1.165, 1.54) is 6.07 Å². The predicted octanol–water partition coefficient (Wildman–Crippen LogP) is 2.93. The molecule has 0 amide bonds. The van der Waals surface area contributed by atoms with E-state index in [1.54, 1.807) is 13.0 Å². The molecule has 16 heavy (non-hydrogen) atoms. The van der Waals surface area contributed by atoms with Gasteiger partial charge in [0.1, 0.15) is 11.5 Å². The zero-order valence-corrected chi connectivity index (χ0v) is 8.87. The van der Waals surface area contributed by atoms with Gasteiger partial charge in [0.25, 0.3) is 0 Å². The summed E-state index contributed by atoms with van der Waals surface area (Å²) in [6.45, 7) is 1.63. The number of halogens is 1. The molecular weight excluding hydrogens is 201 g/mol. The molecule has 0 atom stereocenters. The molecule has 2 rings (SSSR count). The molecule has 0 N–H and O–H groups in total. The van der Waals surface area contributed by atoms with Crippen LogP contribution in [0, 0.1) is 24.6 Å². The first-order valence-corrected chi connectivity index (χ1v) is 4.96. The lowest BCUT2D eigenvalue weighted by Gasteiger charge is -1.94. The highest BCUT2D eigenvalue weighted by molar-refractivity contribution is 5.40. The SMILES string of the molecule is Cc1nc(C#Cc2ccccc2)ccc1F. The summed E-state index contributed by atoms with van der Waals surface area (Å²) in [5.41, 5.74) is 1.88. The standard InChI is InChI=1S/C14H10FN/c1-11-14(15)10-9-13(16-11)8-7-12-5-3-2-4-6-12/h2-6,9-10H,1H3. The Morgan fingerprint density at radius 2 is 1.75 bits per heavy atom. The first-order valence-electron chi connectivity index (χ1n) is 4.96. The highest BCUT2D eigenvalue weighted by atomic mass is 19.1. The highest BCUT2D eigenvalue weighted by Gasteiger charge is 1.97. The van der Waals surface area contributed by atoms with E-state index in [2.05, 4.69) is 16.8 Å². The average molecular weight is 211 g/mol. The molecule has 0 aliphatic heterocycles. The Labute approximate surface area is 94.0 Å². The second-order valence-electron chi connectivity index (χ2n) is 3.38. The molecule has 1 aromatic heterocycles. The van der Waals surface area contributed by atoms with Gasteiger partial charge >= 0.3 is 0 Å². The van der Waals surface area contributed by atoms with Crippen LogP contribution in [0.1, 0.15) is 17.0 Å². The lowest BCUT2D eigenvalue weighted by Crippen LogP contribution is -1.90. The van der Waals surface area contributed by atoms with Gasteiger partial charge in [0.2, 0.25) is 0 Å². The average Bonchev–Trinajstić information content (AvgIpc) is 2.32. The molecule has 0 saturated carbocycles. The van der Waals surface area contributed by atoms with E-state index in [0.717, 1.165) is 5.56 Å². The third kappa shape index (κ3) is 2.46. The van der Waals surface area contributed by atoms with Crippen LogP contribution < -0.4 is 0 Å². The third-order valence-corrected chi connectivity index (χ3v) is 2.13. The summed E-state index contributed by atoms with van der Waals surface area (Å²) in [4.78, 5) is 4.04. The smallest absolute Gasteiger partial charge is 0.144 e. The van der Waals surface area contributed by atoms with Gasteiger partial charge in [0, 0.05) is 5.56 Å². The van der Waals surface area contributed by atoms with Crippen molar-refractivity contribution >= 4 is 0 Å². The van der Waals surface area contributed by atoms with Gasteiger partial charge in [-0.1, -0.05) is 24.1 Å². The molecular formula is C14H10FN. The maximum Gasteiger partial charge on any atom is 0.144 e. The molecule has 0 fully saturated rings. The Morgan fingerprint density at radius 3 is 2.44 bits per heavy atom. The molecule has 0 radical (unpaired) electrons. The minimum absolute atomic E-state index is 0.301. The Balaban J connectivity index is 2.28. The van der Waals surface area contributed by atoms with E-state index in [9.17, 15) is 4.39 Å². The number of pyridine rings is 1. The topological polar surface area (TPSA) is 12.9 Å². The number of benzene rings is 1. The monoisotopic (exact) mass is 211 g/mol. The van der Waals surface area contributed by atoms with Gasteiger partial charge in [-0.25, -0.2) is 9.37 Å². The maximum atomic E-state index is 13.0. The van der Waals surface area contributed by atoms with Gasteiger partial charge in [0.15, 0.2) is 0 Å². The summed E-state index contributed by atoms with van der Waals surface area (Å²) in [6, 6.07) is 12.6. The molecule has 0 unspecified atom stereocenters. The second-order valence-corrected chi connectivity index (χ2v) is 3.38. The molecule has 0 aliphatic rings. The minimum atomic E-state index is -0.301. The molecule has 1 nitrogen and oxygen atoms in total. The van der Waals surface area contributed by atoms with Crippen LogP contribution in [0.3, 0.4) is 0 Å². The molecule has 0 saturated heterocycles. The van der Waals surface area contributed by atoms with Gasteiger partial charge in [0.05, 0.1) is 5.69 Å². The van der Waals surface area contributed by atoms with E-state index in [1.807, 2.05) is 30.3 Å². The van der Waals surface area contributed by atoms with Crippen LogP contribution in [0.4, 0.5) is 4.39 Å². The van der Waals surface area contributed by atoms with Gasteiger partial charge < -0.3 is 0 Å². The zero-order valence-electron chi connectivity index (χ0n) is 8.87. The third-order valence-electron chi connectivity index (χ3n) is 2.13. The fourth-order valence-corrected chi connectivity index (χ4v) is 1.27. The Bertz CT molecular complexity index is 550. The van der Waals surface area contributed by atoms with Gasteiger partial charge in [-0.15, -0.1) is 0 Å². The summed E-state index contributed by atoms with van der Waals surface area (Å²) < 4.78 is 13.0.